The second-order valence-electron chi connectivity index (χ2n) is 7.06. The number of nitrogens with one attached hydrogen (secondary N) is 1. The molecule has 1 aromatic carbocycles. The first-order valence-corrected chi connectivity index (χ1v) is 9.01. The van der Waals surface area contributed by atoms with E-state index >= 15 is 0 Å². The van der Waals surface area contributed by atoms with Crippen LogP contribution in [0, 0.1) is 16.0 Å². The van der Waals surface area contributed by atoms with E-state index in [1.54, 1.807) is 4.90 Å². The average Bonchev–Trinajstić information content (AvgIpc) is 3.00. The van der Waals surface area contributed by atoms with Crippen molar-refractivity contribution in [3.05, 3.63) is 28.3 Å². The first-order valence-electron chi connectivity index (χ1n) is 9.01. The van der Waals surface area contributed by atoms with Gasteiger partial charge in [-0.1, -0.05) is 12.8 Å². The lowest BCUT2D eigenvalue weighted by Crippen LogP contribution is -2.46. The highest BCUT2D eigenvalue weighted by atomic mass is 16.6. The lowest BCUT2D eigenvalue weighted by molar-refractivity contribution is -0.384. The highest BCUT2D eigenvalue weighted by Gasteiger charge is 2.45. The molecule has 3 atom stereocenters. The van der Waals surface area contributed by atoms with Crippen LogP contribution in [-0.2, 0) is 9.59 Å². The van der Waals surface area contributed by atoms with Crippen molar-refractivity contribution < 1.29 is 24.4 Å². The summed E-state index contributed by atoms with van der Waals surface area (Å²) in [6.45, 7) is -0.0295. The van der Waals surface area contributed by atoms with E-state index in [9.17, 15) is 24.8 Å². The summed E-state index contributed by atoms with van der Waals surface area (Å²) < 4.78 is 5.13. The Labute approximate surface area is 156 Å². The number of ether oxygens (including phenoxy) is 1. The number of rotatable bonds is 6. The van der Waals surface area contributed by atoms with Crippen molar-refractivity contribution in [1.82, 2.24) is 4.90 Å². The molecule has 1 aliphatic heterocycles. The van der Waals surface area contributed by atoms with Gasteiger partial charge in [0.2, 0.25) is 5.91 Å². The molecule has 2 N–H and O–H groups in total. The molecule has 1 saturated carbocycles. The van der Waals surface area contributed by atoms with Gasteiger partial charge in [-0.05, 0) is 31.2 Å². The molecule has 27 heavy (non-hydrogen) atoms. The molecule has 146 valence electrons. The number of aliphatic carboxylic acids is 1. The van der Waals surface area contributed by atoms with Gasteiger partial charge in [-0.15, -0.1) is 0 Å². The Morgan fingerprint density at radius 1 is 1.37 bits per heavy atom. The van der Waals surface area contributed by atoms with Crippen molar-refractivity contribution in [3.63, 3.8) is 0 Å². The maximum absolute atomic E-state index is 12.6. The lowest BCUT2D eigenvalue weighted by Gasteiger charge is -2.32. The Balaban J connectivity index is 1.72. The molecule has 1 aromatic rings. The summed E-state index contributed by atoms with van der Waals surface area (Å²) in [7, 11) is 1.36. The molecule has 1 amide bonds. The Hall–Kier alpha value is -2.68. The van der Waals surface area contributed by atoms with E-state index in [1.807, 2.05) is 0 Å². The zero-order chi connectivity index (χ0) is 19.6. The summed E-state index contributed by atoms with van der Waals surface area (Å²) >= 11 is 0. The number of hydrogen-bond acceptors (Lipinski definition) is 6. The smallest absolute Gasteiger partial charge is 0.320 e. The summed E-state index contributed by atoms with van der Waals surface area (Å²) in [5.41, 5.74) is 0.180. The largest absolute Gasteiger partial charge is 0.494 e. The van der Waals surface area contributed by atoms with Crippen LogP contribution in [0.4, 0.5) is 11.4 Å². The quantitative estimate of drug-likeness (QED) is 0.576. The Bertz CT molecular complexity index is 753. The number of benzene rings is 1. The van der Waals surface area contributed by atoms with Crippen molar-refractivity contribution in [2.45, 2.75) is 44.2 Å². The minimum Gasteiger partial charge on any atom is -0.494 e. The fraction of sp³-hybridized carbons (Fsp3) is 0.556. The topological polar surface area (TPSA) is 122 Å². The van der Waals surface area contributed by atoms with Crippen molar-refractivity contribution >= 4 is 23.3 Å². The number of carbonyl (C=O) groups is 2. The number of carbonyl (C=O) groups excluding carboxylic acids is 1. The van der Waals surface area contributed by atoms with E-state index in [0.717, 1.165) is 25.7 Å². The maximum atomic E-state index is 12.6. The van der Waals surface area contributed by atoms with Crippen LogP contribution < -0.4 is 10.1 Å². The van der Waals surface area contributed by atoms with E-state index in [-0.39, 0.29) is 29.9 Å². The standard InChI is InChI=1S/C18H23N3O6/c1-27-16-9-12(21(25)26)6-7-13(16)19-17(22)10-20-14-5-3-2-4-11(14)8-15(20)18(23)24/h6-7,9,11,14-15H,2-5,8,10H2,1H3,(H,19,22)(H,23,24). The van der Waals surface area contributed by atoms with Crippen LogP contribution >= 0.6 is 0 Å². The fourth-order valence-electron chi connectivity index (χ4n) is 4.28. The Kier molecular flexibility index (Phi) is 5.59. The summed E-state index contributed by atoms with van der Waals surface area (Å²) in [4.78, 5) is 36.3. The molecule has 1 saturated heterocycles. The van der Waals surface area contributed by atoms with Gasteiger partial charge in [-0.2, -0.15) is 0 Å². The SMILES string of the molecule is COc1cc([N+](=O)[O-])ccc1NC(=O)CN1C(C(=O)O)CC2CCCCC21. The van der Waals surface area contributed by atoms with E-state index < -0.39 is 16.9 Å². The number of carboxylic acids is 1. The molecule has 1 heterocycles. The molecule has 3 rings (SSSR count). The molecule has 0 aromatic heterocycles. The predicted octanol–water partition coefficient (Wildman–Crippen LogP) is 2.26. The number of methoxy groups -OCH3 is 1. The molecule has 0 radical (unpaired) electrons. The highest BCUT2D eigenvalue weighted by Crippen LogP contribution is 2.39. The zero-order valence-corrected chi connectivity index (χ0v) is 15.1. The number of nitro groups is 1. The molecule has 0 bridgehead atoms. The number of nitrogens with zero attached hydrogens (tertiary/aromatic N) is 2. The number of hydrogen-bond donors (Lipinski definition) is 2. The average molecular weight is 377 g/mol. The maximum Gasteiger partial charge on any atom is 0.320 e. The van der Waals surface area contributed by atoms with Gasteiger partial charge in [-0.3, -0.25) is 24.6 Å². The summed E-state index contributed by atoms with van der Waals surface area (Å²) in [5.74, 6) is -0.754. The van der Waals surface area contributed by atoms with Crippen LogP contribution in [0.5, 0.6) is 5.75 Å². The number of nitro benzene ring substituents is 1. The number of likely N-dealkylation sites (tertiary alicyclic amines) is 1. The Morgan fingerprint density at radius 2 is 2.11 bits per heavy atom. The van der Waals surface area contributed by atoms with E-state index in [2.05, 4.69) is 5.32 Å². The lowest BCUT2D eigenvalue weighted by atomic mass is 9.85. The minimum atomic E-state index is -0.898. The molecule has 3 unspecified atom stereocenters. The van der Waals surface area contributed by atoms with Crippen LogP contribution in [-0.4, -0.2) is 52.5 Å². The van der Waals surface area contributed by atoms with Crippen LogP contribution in [0.3, 0.4) is 0 Å². The first-order chi connectivity index (χ1) is 12.9. The van der Waals surface area contributed by atoms with Gasteiger partial charge in [0.15, 0.2) is 0 Å². The third-order valence-electron chi connectivity index (χ3n) is 5.50. The molecular weight excluding hydrogens is 354 g/mol. The highest BCUT2D eigenvalue weighted by molar-refractivity contribution is 5.94. The Morgan fingerprint density at radius 3 is 2.78 bits per heavy atom. The monoisotopic (exact) mass is 377 g/mol. The molecule has 9 heteroatoms. The third kappa shape index (κ3) is 4.02. The van der Waals surface area contributed by atoms with E-state index in [0.29, 0.717) is 18.0 Å². The van der Waals surface area contributed by atoms with Gasteiger partial charge in [-0.25, -0.2) is 0 Å². The molecule has 1 aliphatic carbocycles. The van der Waals surface area contributed by atoms with Gasteiger partial charge in [0, 0.05) is 12.1 Å². The van der Waals surface area contributed by atoms with Crippen LogP contribution in [0.1, 0.15) is 32.1 Å². The molecule has 9 nitrogen and oxygen atoms in total. The molecule has 0 spiro atoms. The number of anilines is 1. The molecule has 2 fully saturated rings. The van der Waals surface area contributed by atoms with Gasteiger partial charge >= 0.3 is 5.97 Å². The third-order valence-corrected chi connectivity index (χ3v) is 5.50. The van der Waals surface area contributed by atoms with Crippen molar-refractivity contribution in [1.29, 1.82) is 0 Å². The molecule has 2 aliphatic rings. The van der Waals surface area contributed by atoms with Crippen molar-refractivity contribution in [2.24, 2.45) is 5.92 Å². The summed E-state index contributed by atoms with van der Waals surface area (Å²) in [5, 5.41) is 23.1. The fourth-order valence-corrected chi connectivity index (χ4v) is 4.28. The van der Waals surface area contributed by atoms with Gasteiger partial charge in [0.25, 0.3) is 5.69 Å². The second kappa shape index (κ2) is 7.91. The number of carboxylic acid groups (broad SMARTS) is 1. The summed E-state index contributed by atoms with van der Waals surface area (Å²) in [6.07, 6.45) is 4.63. The van der Waals surface area contributed by atoms with Crippen molar-refractivity contribution in [2.75, 3.05) is 19.0 Å². The van der Waals surface area contributed by atoms with Crippen LogP contribution in [0.25, 0.3) is 0 Å². The number of non-ortho nitro benzene ring substituents is 1. The molecular formula is C18H23N3O6. The van der Waals surface area contributed by atoms with Gasteiger partial charge < -0.3 is 15.2 Å². The zero-order valence-electron chi connectivity index (χ0n) is 15.1. The van der Waals surface area contributed by atoms with Gasteiger partial charge in [0.05, 0.1) is 30.3 Å². The van der Waals surface area contributed by atoms with Crippen molar-refractivity contribution in [3.8, 4) is 5.75 Å². The van der Waals surface area contributed by atoms with E-state index in [1.165, 1.54) is 25.3 Å². The van der Waals surface area contributed by atoms with E-state index in [4.69, 9.17) is 4.74 Å². The predicted molar refractivity (Wildman–Crippen MR) is 96.8 cm³/mol. The van der Waals surface area contributed by atoms with Crippen LogP contribution in [0.2, 0.25) is 0 Å². The normalized spacial score (nSPS) is 24.9. The van der Waals surface area contributed by atoms with Crippen LogP contribution in [0.15, 0.2) is 18.2 Å². The summed E-state index contributed by atoms with van der Waals surface area (Å²) in [6, 6.07) is 3.40. The van der Waals surface area contributed by atoms with Gasteiger partial charge in [0.1, 0.15) is 11.8 Å². The number of amides is 1. The minimum absolute atomic E-state index is 0.0295. The first kappa shape index (κ1) is 19.1. The second-order valence-corrected chi connectivity index (χ2v) is 7.06. The number of fused-ring (bicyclic) bond motifs is 1.